The lowest BCUT2D eigenvalue weighted by atomic mass is 9.70. The summed E-state index contributed by atoms with van der Waals surface area (Å²) in [6.45, 7) is 16.6. The summed E-state index contributed by atoms with van der Waals surface area (Å²) in [7, 11) is 0. The topological polar surface area (TPSA) is 186 Å². The molecule has 13 nitrogen and oxygen atoms in total. The van der Waals surface area contributed by atoms with Gasteiger partial charge in [0, 0.05) is 12.5 Å². The molecular formula is C35H55N5O8. The second-order valence-electron chi connectivity index (χ2n) is 16.3. The number of hydrogen-bond donors (Lipinski definition) is 4. The van der Waals surface area contributed by atoms with E-state index in [9.17, 15) is 28.8 Å². The van der Waals surface area contributed by atoms with Gasteiger partial charge in [-0.05, 0) is 84.1 Å². The average molecular weight is 674 g/mol. The Morgan fingerprint density at radius 2 is 1.62 bits per heavy atom. The number of primary amides is 1. The highest BCUT2D eigenvalue weighted by Crippen LogP contribution is 2.45. The molecule has 2 saturated carbocycles. The third-order valence-corrected chi connectivity index (χ3v) is 10.1. The molecule has 2 heterocycles. The molecule has 13 heteroatoms. The predicted molar refractivity (Wildman–Crippen MR) is 177 cm³/mol. The third kappa shape index (κ3) is 8.95. The molecule has 2 aliphatic carbocycles. The standard InChI is InChI=1S/C35H55N5O8/c1-19(2)24(31(45)48-33(3,4)5)38-32(46)39-27(35(8)14-10-9-11-15-35)30(44)40-18-23-21(17-34(6,7)47-23)25(40)29(43)37-22(16-20-12-13-20)26(41)28(36)42/h20-25,27H,1,9-18H2,2-8H3,(H2,36,42)(H,37,43)(H2,38,39,46)/t21-,22?,23-,24-,25-,27+/m0/s1. The number of carbonyl (C=O) groups is 6. The fourth-order valence-corrected chi connectivity index (χ4v) is 7.58. The highest BCUT2D eigenvalue weighted by molar-refractivity contribution is 6.37. The summed E-state index contributed by atoms with van der Waals surface area (Å²) in [4.78, 5) is 81.5. The minimum absolute atomic E-state index is 0.115. The number of hydrogen-bond acceptors (Lipinski definition) is 8. The Kier molecular flexibility index (Phi) is 11.0. The lowest BCUT2D eigenvalue weighted by molar-refractivity contribution is -0.156. The van der Waals surface area contributed by atoms with Gasteiger partial charge in [0.15, 0.2) is 0 Å². The zero-order chi connectivity index (χ0) is 35.8. The molecule has 4 rings (SSSR count). The van der Waals surface area contributed by atoms with Gasteiger partial charge in [0.1, 0.15) is 23.7 Å². The molecule has 0 spiro atoms. The number of nitrogens with one attached hydrogen (secondary N) is 3. The van der Waals surface area contributed by atoms with Crippen LogP contribution in [0.2, 0.25) is 0 Å². The number of ketones is 1. The normalized spacial score (nSPS) is 26.3. The van der Waals surface area contributed by atoms with E-state index in [0.717, 1.165) is 32.1 Å². The van der Waals surface area contributed by atoms with Crippen LogP contribution in [0, 0.1) is 17.3 Å². The van der Waals surface area contributed by atoms with Gasteiger partial charge in [0.25, 0.3) is 5.91 Å². The lowest BCUT2D eigenvalue weighted by Gasteiger charge is -2.43. The molecule has 0 aromatic carbocycles. The zero-order valence-electron chi connectivity index (χ0n) is 29.6. The summed E-state index contributed by atoms with van der Waals surface area (Å²) in [5.74, 6) is -3.83. The van der Waals surface area contributed by atoms with E-state index < -0.39 is 82.4 Å². The maximum absolute atomic E-state index is 14.7. The van der Waals surface area contributed by atoms with Crippen LogP contribution in [0.4, 0.5) is 4.79 Å². The van der Waals surface area contributed by atoms with E-state index in [1.807, 2.05) is 20.8 Å². The number of urea groups is 1. The van der Waals surface area contributed by atoms with Crippen molar-refractivity contribution in [2.75, 3.05) is 6.54 Å². The first-order valence-electron chi connectivity index (χ1n) is 17.3. The molecule has 5 N–H and O–H groups in total. The number of rotatable bonds is 12. The van der Waals surface area contributed by atoms with Crippen LogP contribution >= 0.6 is 0 Å². The quantitative estimate of drug-likeness (QED) is 0.138. The van der Waals surface area contributed by atoms with Crippen molar-refractivity contribution < 1.29 is 38.2 Å². The molecule has 1 unspecified atom stereocenters. The smallest absolute Gasteiger partial charge is 0.333 e. The molecule has 0 bridgehead atoms. The summed E-state index contributed by atoms with van der Waals surface area (Å²) in [6, 6.07) is -5.02. The summed E-state index contributed by atoms with van der Waals surface area (Å²) >= 11 is 0. The van der Waals surface area contributed by atoms with E-state index in [1.54, 1.807) is 27.7 Å². The van der Waals surface area contributed by atoms with Gasteiger partial charge in [-0.3, -0.25) is 19.2 Å². The molecule has 268 valence electrons. The monoisotopic (exact) mass is 673 g/mol. The van der Waals surface area contributed by atoms with Crippen LogP contribution in [0.1, 0.15) is 106 Å². The largest absolute Gasteiger partial charge is 0.458 e. The Morgan fingerprint density at radius 3 is 2.17 bits per heavy atom. The molecule has 0 radical (unpaired) electrons. The first-order valence-corrected chi connectivity index (χ1v) is 17.3. The highest BCUT2D eigenvalue weighted by atomic mass is 16.6. The number of Topliss-reactive ketones (excluding diaryl/α,β-unsaturated/α-hetero) is 1. The number of carbonyl (C=O) groups excluding carboxylic acids is 6. The van der Waals surface area contributed by atoms with Gasteiger partial charge in [0.2, 0.25) is 17.6 Å². The van der Waals surface area contributed by atoms with Crippen molar-refractivity contribution in [1.82, 2.24) is 20.9 Å². The lowest BCUT2D eigenvalue weighted by Crippen LogP contribution is -2.63. The SMILES string of the molecule is C=C(C)[C@H](NC(=O)N[C@H](C(=O)N1C[C@@H]2OC(C)(C)C[C@@H]2[C@H]1C(=O)NC(CC1CC1)C(=O)C(N)=O)C1(C)CCCCC1)C(=O)OC(C)(C)C. The van der Waals surface area contributed by atoms with Gasteiger partial charge >= 0.3 is 12.0 Å². The summed E-state index contributed by atoms with van der Waals surface area (Å²) in [5.41, 5.74) is 3.72. The Labute approximate surface area is 283 Å². The van der Waals surface area contributed by atoms with Gasteiger partial charge in [-0.1, -0.05) is 45.6 Å². The summed E-state index contributed by atoms with van der Waals surface area (Å²) in [6.07, 6.45) is 6.19. The number of nitrogens with two attached hydrogens (primary N) is 1. The Hall–Kier alpha value is -3.48. The molecule has 2 saturated heterocycles. The zero-order valence-corrected chi connectivity index (χ0v) is 29.6. The van der Waals surface area contributed by atoms with Gasteiger partial charge in [-0.15, -0.1) is 0 Å². The minimum Gasteiger partial charge on any atom is -0.458 e. The van der Waals surface area contributed by atoms with Crippen molar-refractivity contribution in [3.8, 4) is 0 Å². The van der Waals surface area contributed by atoms with Crippen molar-refractivity contribution >= 4 is 35.5 Å². The van der Waals surface area contributed by atoms with Crippen LogP contribution in [0.25, 0.3) is 0 Å². The van der Waals surface area contributed by atoms with E-state index in [4.69, 9.17) is 15.2 Å². The number of nitrogens with zero attached hydrogens (tertiary/aromatic N) is 1. The fraction of sp³-hybridized carbons (Fsp3) is 0.771. The predicted octanol–water partition coefficient (Wildman–Crippen LogP) is 2.64. The number of esters is 1. The number of amides is 5. The van der Waals surface area contributed by atoms with Crippen LogP contribution in [0.3, 0.4) is 0 Å². The maximum atomic E-state index is 14.7. The molecule has 2 aliphatic heterocycles. The van der Waals surface area contributed by atoms with E-state index >= 15 is 0 Å². The van der Waals surface area contributed by atoms with Crippen molar-refractivity contribution in [3.63, 3.8) is 0 Å². The molecule has 5 amide bonds. The molecule has 48 heavy (non-hydrogen) atoms. The molecule has 0 aromatic heterocycles. The number of likely N-dealkylation sites (tertiary alicyclic amines) is 1. The highest BCUT2D eigenvalue weighted by Gasteiger charge is 2.57. The van der Waals surface area contributed by atoms with Crippen LogP contribution in [-0.4, -0.2) is 88.4 Å². The van der Waals surface area contributed by atoms with Crippen LogP contribution < -0.4 is 21.7 Å². The van der Waals surface area contributed by atoms with Crippen LogP contribution in [-0.2, 0) is 33.4 Å². The maximum Gasteiger partial charge on any atom is 0.333 e. The van der Waals surface area contributed by atoms with E-state index in [0.29, 0.717) is 31.3 Å². The number of fused-ring (bicyclic) bond motifs is 1. The first kappa shape index (κ1) is 37.3. The van der Waals surface area contributed by atoms with E-state index in [-0.39, 0.29) is 18.4 Å². The second-order valence-corrected chi connectivity index (χ2v) is 16.3. The fourth-order valence-electron chi connectivity index (χ4n) is 7.58. The van der Waals surface area contributed by atoms with Crippen molar-refractivity contribution in [1.29, 1.82) is 0 Å². The van der Waals surface area contributed by atoms with Crippen LogP contribution in [0.5, 0.6) is 0 Å². The second kappa shape index (κ2) is 14.2. The minimum atomic E-state index is -1.15. The third-order valence-electron chi connectivity index (χ3n) is 10.1. The summed E-state index contributed by atoms with van der Waals surface area (Å²) in [5, 5.41) is 8.30. The van der Waals surface area contributed by atoms with E-state index in [1.165, 1.54) is 4.90 Å². The van der Waals surface area contributed by atoms with Crippen LogP contribution in [0.15, 0.2) is 12.2 Å². The van der Waals surface area contributed by atoms with Gasteiger partial charge in [-0.25, -0.2) is 9.59 Å². The summed E-state index contributed by atoms with van der Waals surface area (Å²) < 4.78 is 11.8. The van der Waals surface area contributed by atoms with Gasteiger partial charge < -0.3 is 36.1 Å². The molecule has 4 fully saturated rings. The molecule has 6 atom stereocenters. The van der Waals surface area contributed by atoms with Crippen molar-refractivity contribution in [3.05, 3.63) is 12.2 Å². The Bertz CT molecular complexity index is 1310. The van der Waals surface area contributed by atoms with Crippen molar-refractivity contribution in [2.24, 2.45) is 23.0 Å². The van der Waals surface area contributed by atoms with Gasteiger partial charge in [0.05, 0.1) is 17.7 Å². The molecule has 4 aliphatic rings. The Morgan fingerprint density at radius 1 is 1.00 bits per heavy atom. The van der Waals surface area contributed by atoms with E-state index in [2.05, 4.69) is 22.5 Å². The number of ether oxygens (including phenoxy) is 2. The molecular weight excluding hydrogens is 618 g/mol. The Balaban J connectivity index is 1.63. The first-order chi connectivity index (χ1) is 22.2. The van der Waals surface area contributed by atoms with Gasteiger partial charge in [-0.2, -0.15) is 0 Å². The van der Waals surface area contributed by atoms with Crippen molar-refractivity contribution in [2.45, 2.75) is 148 Å². The molecule has 0 aromatic rings. The average Bonchev–Trinajstić information content (AvgIpc) is 3.65.